The molecule has 0 aliphatic rings. The summed E-state index contributed by atoms with van der Waals surface area (Å²) in [4.78, 5) is 3.87. The Balaban J connectivity index is 1.89. The average Bonchev–Trinajstić information content (AvgIpc) is 2.88. The Morgan fingerprint density at radius 3 is 2.63 bits per heavy atom. The molecule has 19 heavy (non-hydrogen) atoms. The molecule has 1 aromatic carbocycles. The lowest BCUT2D eigenvalue weighted by atomic mass is 10.1. The van der Waals surface area contributed by atoms with Gasteiger partial charge in [0.15, 0.2) is 0 Å². The number of halogens is 2. The highest BCUT2D eigenvalue weighted by atomic mass is 19.3. The molecule has 0 radical (unpaired) electrons. The molecule has 0 unspecified atom stereocenters. The highest BCUT2D eigenvalue weighted by Crippen LogP contribution is 2.12. The van der Waals surface area contributed by atoms with Gasteiger partial charge in [-0.15, -0.1) is 0 Å². The van der Waals surface area contributed by atoms with Crippen LogP contribution in [0.4, 0.5) is 8.78 Å². The van der Waals surface area contributed by atoms with Crippen molar-refractivity contribution < 1.29 is 8.78 Å². The van der Waals surface area contributed by atoms with Gasteiger partial charge in [-0.05, 0) is 17.7 Å². The third-order valence-corrected chi connectivity index (χ3v) is 2.65. The molecule has 2 aromatic rings. The second-order valence-corrected chi connectivity index (χ2v) is 3.94. The molecule has 2 rings (SSSR count). The van der Waals surface area contributed by atoms with E-state index in [1.54, 1.807) is 12.1 Å². The van der Waals surface area contributed by atoms with Crippen molar-refractivity contribution in [3.8, 4) is 6.07 Å². The van der Waals surface area contributed by atoms with Crippen LogP contribution in [0.25, 0.3) is 0 Å². The van der Waals surface area contributed by atoms with Gasteiger partial charge in [0.25, 0.3) is 0 Å². The van der Waals surface area contributed by atoms with Gasteiger partial charge in [-0.25, -0.2) is 4.98 Å². The van der Waals surface area contributed by atoms with E-state index in [0.29, 0.717) is 17.9 Å². The Morgan fingerprint density at radius 2 is 2.00 bits per heavy atom. The van der Waals surface area contributed by atoms with Gasteiger partial charge < -0.3 is 5.32 Å². The lowest BCUT2D eigenvalue weighted by Gasteiger charge is -2.07. The van der Waals surface area contributed by atoms with Crippen molar-refractivity contribution in [3.05, 3.63) is 53.6 Å². The summed E-state index contributed by atoms with van der Waals surface area (Å²) in [7, 11) is 0. The molecule has 1 heterocycles. The molecule has 0 bridgehead atoms. The number of benzene rings is 1. The van der Waals surface area contributed by atoms with Crippen LogP contribution in [0.1, 0.15) is 23.5 Å². The van der Waals surface area contributed by atoms with Crippen molar-refractivity contribution in [2.45, 2.75) is 19.6 Å². The van der Waals surface area contributed by atoms with E-state index in [1.165, 1.54) is 12.4 Å². The van der Waals surface area contributed by atoms with E-state index in [0.717, 1.165) is 10.1 Å². The van der Waals surface area contributed by atoms with Gasteiger partial charge in [-0.1, -0.05) is 12.1 Å². The number of aromatic nitrogens is 2. The molecule has 0 aliphatic carbocycles. The quantitative estimate of drug-likeness (QED) is 0.900. The number of hydrogen-bond acceptors (Lipinski definition) is 3. The van der Waals surface area contributed by atoms with Crippen LogP contribution in [0, 0.1) is 11.3 Å². The van der Waals surface area contributed by atoms with Crippen LogP contribution in [-0.4, -0.2) is 9.55 Å². The van der Waals surface area contributed by atoms with Gasteiger partial charge in [-0.2, -0.15) is 14.0 Å². The number of hydrogen-bond donors (Lipinski definition) is 1. The first kappa shape index (κ1) is 13.2. The molecule has 1 aromatic heterocycles. The maximum absolute atomic E-state index is 12.6. The van der Waals surface area contributed by atoms with E-state index in [-0.39, 0.29) is 6.54 Å². The molecular weight excluding hydrogens is 250 g/mol. The molecule has 0 amide bonds. The number of nitrogens with zero attached hydrogens (tertiary/aromatic N) is 3. The summed E-state index contributed by atoms with van der Waals surface area (Å²) in [5, 5.41) is 11.7. The Hall–Kier alpha value is -2.26. The van der Waals surface area contributed by atoms with Crippen molar-refractivity contribution >= 4 is 0 Å². The van der Waals surface area contributed by atoms with Crippen molar-refractivity contribution in [2.24, 2.45) is 0 Å². The van der Waals surface area contributed by atoms with Crippen LogP contribution in [0.15, 0.2) is 36.7 Å². The molecule has 6 heteroatoms. The lowest BCUT2D eigenvalue weighted by Crippen LogP contribution is -2.17. The van der Waals surface area contributed by atoms with Crippen LogP contribution >= 0.6 is 0 Å². The fourth-order valence-electron chi connectivity index (χ4n) is 1.67. The predicted octanol–water partition coefficient (Wildman–Crippen LogP) is 2.44. The van der Waals surface area contributed by atoms with Gasteiger partial charge in [-0.3, -0.25) is 4.57 Å². The van der Waals surface area contributed by atoms with Gasteiger partial charge in [0.1, 0.15) is 5.82 Å². The largest absolute Gasteiger partial charge is 0.319 e. The van der Waals surface area contributed by atoms with E-state index < -0.39 is 6.55 Å². The summed E-state index contributed by atoms with van der Waals surface area (Å²) < 4.78 is 25.9. The predicted molar refractivity (Wildman–Crippen MR) is 65.2 cm³/mol. The zero-order valence-corrected chi connectivity index (χ0v) is 10.1. The maximum atomic E-state index is 12.6. The number of nitriles is 1. The van der Waals surface area contributed by atoms with Crippen LogP contribution < -0.4 is 5.32 Å². The van der Waals surface area contributed by atoms with Crippen LogP contribution in [0.2, 0.25) is 0 Å². The molecule has 1 N–H and O–H groups in total. The van der Waals surface area contributed by atoms with Crippen molar-refractivity contribution in [3.63, 3.8) is 0 Å². The standard InChI is InChI=1S/C13H12F2N4/c14-13(15)19-6-5-18-12(19)9-17-8-11-3-1-10(7-16)2-4-11/h1-6,13,17H,8-9H2. The molecule has 0 saturated carbocycles. The summed E-state index contributed by atoms with van der Waals surface area (Å²) in [6.07, 6.45) is 2.61. The van der Waals surface area contributed by atoms with E-state index >= 15 is 0 Å². The van der Waals surface area contributed by atoms with Gasteiger partial charge in [0.05, 0.1) is 18.2 Å². The highest BCUT2D eigenvalue weighted by molar-refractivity contribution is 5.31. The van der Waals surface area contributed by atoms with Crippen molar-refractivity contribution in [2.75, 3.05) is 0 Å². The van der Waals surface area contributed by atoms with Crippen LogP contribution in [0.5, 0.6) is 0 Å². The maximum Gasteiger partial charge on any atom is 0.319 e. The Kier molecular flexibility index (Phi) is 4.21. The van der Waals surface area contributed by atoms with Crippen LogP contribution in [-0.2, 0) is 13.1 Å². The van der Waals surface area contributed by atoms with E-state index in [4.69, 9.17) is 5.26 Å². The molecule has 0 fully saturated rings. The topological polar surface area (TPSA) is 53.6 Å². The minimum absolute atomic E-state index is 0.261. The molecule has 4 nitrogen and oxygen atoms in total. The minimum atomic E-state index is -2.57. The number of imidazole rings is 1. The zero-order chi connectivity index (χ0) is 13.7. The van der Waals surface area contributed by atoms with Crippen molar-refractivity contribution in [1.29, 1.82) is 5.26 Å². The summed E-state index contributed by atoms with van der Waals surface area (Å²) in [5.74, 6) is 0.295. The minimum Gasteiger partial charge on any atom is -0.306 e. The number of nitrogens with one attached hydrogen (secondary N) is 1. The molecular formula is C13H12F2N4. The normalized spacial score (nSPS) is 10.6. The number of rotatable bonds is 5. The first-order valence-electron chi connectivity index (χ1n) is 5.70. The Bertz CT molecular complexity index is 569. The number of alkyl halides is 2. The molecule has 0 aliphatic heterocycles. The first-order valence-corrected chi connectivity index (χ1v) is 5.70. The molecule has 0 spiro atoms. The first-order chi connectivity index (χ1) is 9.20. The van der Waals surface area contributed by atoms with E-state index in [9.17, 15) is 8.78 Å². The second-order valence-electron chi connectivity index (χ2n) is 3.94. The van der Waals surface area contributed by atoms with E-state index in [1.807, 2.05) is 18.2 Å². The van der Waals surface area contributed by atoms with Gasteiger partial charge in [0.2, 0.25) is 0 Å². The SMILES string of the molecule is N#Cc1ccc(CNCc2nccn2C(F)F)cc1. The third-order valence-electron chi connectivity index (χ3n) is 2.65. The van der Waals surface area contributed by atoms with Gasteiger partial charge >= 0.3 is 6.55 Å². The summed E-state index contributed by atoms with van der Waals surface area (Å²) >= 11 is 0. The fourth-order valence-corrected chi connectivity index (χ4v) is 1.67. The second kappa shape index (κ2) is 6.07. The average molecular weight is 262 g/mol. The van der Waals surface area contributed by atoms with Crippen molar-refractivity contribution in [1.82, 2.24) is 14.9 Å². The Labute approximate surface area is 109 Å². The summed E-state index contributed by atoms with van der Waals surface area (Å²) in [6, 6.07) is 9.12. The monoisotopic (exact) mass is 262 g/mol. The molecule has 0 atom stereocenters. The fraction of sp³-hybridized carbons (Fsp3) is 0.231. The summed E-state index contributed by atoms with van der Waals surface area (Å²) in [5.41, 5.74) is 1.58. The zero-order valence-electron chi connectivity index (χ0n) is 10.1. The van der Waals surface area contributed by atoms with Gasteiger partial charge in [0, 0.05) is 18.9 Å². The smallest absolute Gasteiger partial charge is 0.306 e. The summed E-state index contributed by atoms with van der Waals surface area (Å²) in [6.45, 7) is -1.78. The van der Waals surface area contributed by atoms with E-state index in [2.05, 4.69) is 10.3 Å². The third kappa shape index (κ3) is 3.36. The van der Waals surface area contributed by atoms with Crippen LogP contribution in [0.3, 0.4) is 0 Å². The highest BCUT2D eigenvalue weighted by Gasteiger charge is 2.10. The Morgan fingerprint density at radius 1 is 1.26 bits per heavy atom. The molecule has 98 valence electrons. The molecule has 0 saturated heterocycles. The lowest BCUT2D eigenvalue weighted by molar-refractivity contribution is 0.0666.